The second-order valence-corrected chi connectivity index (χ2v) is 8.62. The smallest absolute Gasteiger partial charge is 0.255 e. The van der Waals surface area contributed by atoms with E-state index in [9.17, 15) is 9.18 Å². The number of allylic oxidation sites excluding steroid dienone is 1. The number of carbonyl (C=O) groups excluding carboxylic acids is 1. The van der Waals surface area contributed by atoms with Crippen molar-refractivity contribution in [2.75, 3.05) is 23.5 Å². The van der Waals surface area contributed by atoms with Gasteiger partial charge in [0.15, 0.2) is 0 Å². The average Bonchev–Trinajstić information content (AvgIpc) is 3.32. The number of hydrogen-bond donors (Lipinski definition) is 4. The molecular weight excluding hydrogens is 471 g/mol. The maximum Gasteiger partial charge on any atom is 0.255 e. The fourth-order valence-electron chi connectivity index (χ4n) is 4.48. The summed E-state index contributed by atoms with van der Waals surface area (Å²) in [6.07, 6.45) is 1.13. The zero-order valence-electron chi connectivity index (χ0n) is 20.2. The SMILES string of the molecule is COc1ccccc1-c1cc2n(n1)C(c1ccc(F)cc1)C(C(=O)Nc1ccc(N)c(C=N)c1)=C(C)N2. The molecule has 4 aromatic rings. The molecule has 3 aromatic carbocycles. The van der Waals surface area contributed by atoms with E-state index < -0.39 is 6.04 Å². The van der Waals surface area contributed by atoms with Gasteiger partial charge in [-0.2, -0.15) is 5.10 Å². The Labute approximate surface area is 213 Å². The molecule has 1 aliphatic heterocycles. The van der Waals surface area contributed by atoms with Gasteiger partial charge in [0.1, 0.15) is 23.4 Å². The van der Waals surface area contributed by atoms with Crippen molar-refractivity contribution in [2.45, 2.75) is 13.0 Å². The van der Waals surface area contributed by atoms with E-state index in [1.165, 1.54) is 12.1 Å². The lowest BCUT2D eigenvalue weighted by atomic mass is 9.94. The molecule has 1 amide bonds. The molecule has 37 heavy (non-hydrogen) atoms. The number of nitrogens with zero attached hydrogens (tertiary/aromatic N) is 2. The number of nitrogen functional groups attached to an aromatic ring is 1. The summed E-state index contributed by atoms with van der Waals surface area (Å²) in [5, 5.41) is 18.6. The average molecular weight is 497 g/mol. The summed E-state index contributed by atoms with van der Waals surface area (Å²) in [6.45, 7) is 1.82. The monoisotopic (exact) mass is 496 g/mol. The summed E-state index contributed by atoms with van der Waals surface area (Å²) in [5.74, 6) is 0.619. The first kappa shape index (κ1) is 23.8. The molecule has 1 aliphatic rings. The first-order valence-corrected chi connectivity index (χ1v) is 11.6. The number of ether oxygens (including phenoxy) is 1. The topological polar surface area (TPSA) is 118 Å². The third kappa shape index (κ3) is 4.42. The molecule has 0 fully saturated rings. The van der Waals surface area contributed by atoms with Crippen molar-refractivity contribution < 1.29 is 13.9 Å². The number of hydrogen-bond acceptors (Lipinski definition) is 6. The van der Waals surface area contributed by atoms with Crippen LogP contribution in [0.4, 0.5) is 21.6 Å². The van der Waals surface area contributed by atoms with Gasteiger partial charge >= 0.3 is 0 Å². The summed E-state index contributed by atoms with van der Waals surface area (Å²) in [6, 6.07) is 19.8. The Morgan fingerprint density at radius 2 is 1.92 bits per heavy atom. The third-order valence-electron chi connectivity index (χ3n) is 6.29. The molecule has 2 heterocycles. The minimum absolute atomic E-state index is 0.361. The lowest BCUT2D eigenvalue weighted by Crippen LogP contribution is -2.31. The normalized spacial score (nSPS) is 14.5. The Bertz CT molecular complexity index is 1540. The molecule has 0 aliphatic carbocycles. The van der Waals surface area contributed by atoms with Crippen LogP contribution in [0.3, 0.4) is 0 Å². The minimum Gasteiger partial charge on any atom is -0.496 e. The van der Waals surface area contributed by atoms with Crippen molar-refractivity contribution in [1.29, 1.82) is 5.41 Å². The van der Waals surface area contributed by atoms with Gasteiger partial charge < -0.3 is 26.5 Å². The Morgan fingerprint density at radius 3 is 2.65 bits per heavy atom. The number of rotatable bonds is 6. The van der Waals surface area contributed by atoms with Crippen molar-refractivity contribution in [3.63, 3.8) is 0 Å². The van der Waals surface area contributed by atoms with Gasteiger partial charge in [-0.3, -0.25) is 4.79 Å². The van der Waals surface area contributed by atoms with Crippen LogP contribution in [0.5, 0.6) is 5.75 Å². The molecular formula is C28H25FN6O2. The van der Waals surface area contributed by atoms with Gasteiger partial charge in [-0.05, 0) is 55.0 Å². The molecule has 5 N–H and O–H groups in total. The van der Waals surface area contributed by atoms with E-state index in [1.807, 2.05) is 37.3 Å². The number of methoxy groups -OCH3 is 1. The molecule has 186 valence electrons. The molecule has 8 nitrogen and oxygen atoms in total. The van der Waals surface area contributed by atoms with Crippen LogP contribution in [0.2, 0.25) is 0 Å². The van der Waals surface area contributed by atoms with E-state index in [2.05, 4.69) is 10.6 Å². The summed E-state index contributed by atoms with van der Waals surface area (Å²) >= 11 is 0. The number of fused-ring (bicyclic) bond motifs is 1. The molecule has 0 saturated carbocycles. The van der Waals surface area contributed by atoms with Crippen molar-refractivity contribution in [3.8, 4) is 17.0 Å². The van der Waals surface area contributed by atoms with Crippen LogP contribution < -0.4 is 21.1 Å². The van der Waals surface area contributed by atoms with E-state index in [0.717, 1.165) is 11.8 Å². The fraction of sp³-hybridized carbons (Fsp3) is 0.107. The Balaban J connectivity index is 1.60. The number of halogens is 1. The molecule has 1 aromatic heterocycles. The molecule has 1 atom stereocenters. The molecule has 0 radical (unpaired) electrons. The number of benzene rings is 3. The number of aromatic nitrogens is 2. The number of anilines is 3. The summed E-state index contributed by atoms with van der Waals surface area (Å²) in [7, 11) is 1.60. The van der Waals surface area contributed by atoms with Gasteiger partial charge in [-0.1, -0.05) is 24.3 Å². The first-order chi connectivity index (χ1) is 17.9. The highest BCUT2D eigenvalue weighted by molar-refractivity contribution is 6.06. The van der Waals surface area contributed by atoms with Crippen LogP contribution in [0.15, 0.2) is 84.1 Å². The van der Waals surface area contributed by atoms with Gasteiger partial charge in [0, 0.05) is 40.5 Å². The molecule has 9 heteroatoms. The molecule has 0 bridgehead atoms. The van der Waals surface area contributed by atoms with Gasteiger partial charge in [-0.25, -0.2) is 9.07 Å². The van der Waals surface area contributed by atoms with Crippen LogP contribution in [0.25, 0.3) is 11.3 Å². The second kappa shape index (κ2) is 9.62. The van der Waals surface area contributed by atoms with E-state index in [4.69, 9.17) is 21.0 Å². The zero-order valence-corrected chi connectivity index (χ0v) is 20.2. The minimum atomic E-state index is -0.628. The van der Waals surface area contributed by atoms with Crippen molar-refractivity contribution >= 4 is 29.3 Å². The number of nitrogens with one attached hydrogen (secondary N) is 3. The van der Waals surface area contributed by atoms with Crippen LogP contribution in [0.1, 0.15) is 24.1 Å². The van der Waals surface area contributed by atoms with E-state index >= 15 is 0 Å². The Hall–Kier alpha value is -4.92. The molecule has 0 spiro atoms. The van der Waals surface area contributed by atoms with Crippen molar-refractivity contribution in [3.05, 3.63) is 101 Å². The largest absolute Gasteiger partial charge is 0.496 e. The highest BCUT2D eigenvalue weighted by Gasteiger charge is 2.34. The quantitative estimate of drug-likeness (QED) is 0.216. The van der Waals surface area contributed by atoms with Crippen molar-refractivity contribution in [2.24, 2.45) is 0 Å². The first-order valence-electron chi connectivity index (χ1n) is 11.6. The predicted octanol–water partition coefficient (Wildman–Crippen LogP) is 5.21. The van der Waals surface area contributed by atoms with Gasteiger partial charge in [0.25, 0.3) is 5.91 Å². The Kier molecular flexibility index (Phi) is 6.19. The molecule has 0 saturated heterocycles. The summed E-state index contributed by atoms with van der Waals surface area (Å²) in [5.41, 5.74) is 10.5. The van der Waals surface area contributed by atoms with Crippen LogP contribution in [-0.4, -0.2) is 29.0 Å². The molecule has 5 rings (SSSR count). The highest BCUT2D eigenvalue weighted by atomic mass is 19.1. The second-order valence-electron chi connectivity index (χ2n) is 8.62. The fourth-order valence-corrected chi connectivity index (χ4v) is 4.48. The van der Waals surface area contributed by atoms with Crippen LogP contribution in [-0.2, 0) is 4.79 Å². The van der Waals surface area contributed by atoms with Crippen LogP contribution in [0, 0.1) is 11.2 Å². The molecule has 1 unspecified atom stereocenters. The maximum atomic E-state index is 13.8. The number of para-hydroxylation sites is 1. The highest BCUT2D eigenvalue weighted by Crippen LogP contribution is 2.39. The lowest BCUT2D eigenvalue weighted by Gasteiger charge is -2.29. The van der Waals surface area contributed by atoms with Gasteiger partial charge in [0.05, 0.1) is 18.4 Å². The van der Waals surface area contributed by atoms with Gasteiger partial charge in [-0.15, -0.1) is 0 Å². The summed E-state index contributed by atoms with van der Waals surface area (Å²) in [4.78, 5) is 13.7. The number of amides is 1. The Morgan fingerprint density at radius 1 is 1.16 bits per heavy atom. The maximum absolute atomic E-state index is 13.8. The number of nitrogens with two attached hydrogens (primary N) is 1. The predicted molar refractivity (Wildman–Crippen MR) is 142 cm³/mol. The third-order valence-corrected chi connectivity index (χ3v) is 6.29. The van der Waals surface area contributed by atoms with Crippen molar-refractivity contribution in [1.82, 2.24) is 9.78 Å². The van der Waals surface area contributed by atoms with Gasteiger partial charge in [0.2, 0.25) is 0 Å². The van der Waals surface area contributed by atoms with E-state index in [1.54, 1.807) is 42.1 Å². The standard InChI is InChI=1S/C28H25FN6O2/c1-16-26(28(36)33-20-11-12-22(31)18(13-20)15-30)27(17-7-9-19(29)10-8-17)35-25(32-16)14-23(34-35)21-5-3-4-6-24(21)37-2/h3-15,27,30,32H,31H2,1-2H3,(H,33,36). The summed E-state index contributed by atoms with van der Waals surface area (Å²) < 4.78 is 21.1. The number of carbonyl (C=O) groups is 1. The van der Waals surface area contributed by atoms with Crippen LogP contribution >= 0.6 is 0 Å². The lowest BCUT2D eigenvalue weighted by molar-refractivity contribution is -0.113. The zero-order chi connectivity index (χ0) is 26.1. The van der Waals surface area contributed by atoms with E-state index in [0.29, 0.717) is 51.0 Å². The van der Waals surface area contributed by atoms with E-state index in [-0.39, 0.29) is 11.7 Å².